The van der Waals surface area contributed by atoms with Crippen LogP contribution in [-0.4, -0.2) is 28.6 Å². The standard InChI is InChI=1S/C3H3N3.C2H4O/c1-2-4-6-5-3-1;1-2-3-1/h1-3H;1-2H2. The molecule has 0 radical (unpaired) electrons. The van der Waals surface area contributed by atoms with Crippen LogP contribution in [0.5, 0.6) is 0 Å². The molecule has 2 rings (SSSR count). The Kier molecular flexibility index (Phi) is 2.65. The smallest absolute Gasteiger partial charge is 0.0701 e. The Morgan fingerprint density at radius 3 is 1.78 bits per heavy atom. The highest BCUT2D eigenvalue weighted by atomic mass is 16.6. The average molecular weight is 125 g/mol. The predicted molar refractivity (Wildman–Crippen MR) is 30.6 cm³/mol. The van der Waals surface area contributed by atoms with Gasteiger partial charge in [0.1, 0.15) is 0 Å². The van der Waals surface area contributed by atoms with E-state index in [2.05, 4.69) is 20.1 Å². The minimum atomic E-state index is 1.00. The second-order valence-electron chi connectivity index (χ2n) is 1.42. The molecule has 0 aliphatic carbocycles. The summed E-state index contributed by atoms with van der Waals surface area (Å²) in [4.78, 5) is 0. The zero-order valence-electron chi connectivity index (χ0n) is 4.90. The molecule has 1 fully saturated rings. The number of epoxide rings is 1. The number of rotatable bonds is 0. The summed E-state index contributed by atoms with van der Waals surface area (Å²) in [6, 6.07) is 1.72. The van der Waals surface area contributed by atoms with Crippen LogP contribution in [0, 0.1) is 0 Å². The summed E-state index contributed by atoms with van der Waals surface area (Å²) in [6.45, 7) is 2.00. The van der Waals surface area contributed by atoms with Crippen molar-refractivity contribution in [2.75, 3.05) is 13.2 Å². The second-order valence-corrected chi connectivity index (χ2v) is 1.42. The summed E-state index contributed by atoms with van der Waals surface area (Å²) in [6.07, 6.45) is 3.15. The van der Waals surface area contributed by atoms with Gasteiger partial charge in [-0.2, -0.15) is 0 Å². The van der Waals surface area contributed by atoms with Gasteiger partial charge in [0.15, 0.2) is 0 Å². The molecule has 0 atom stereocenters. The van der Waals surface area contributed by atoms with Crippen LogP contribution in [0.25, 0.3) is 0 Å². The van der Waals surface area contributed by atoms with Gasteiger partial charge < -0.3 is 4.74 Å². The summed E-state index contributed by atoms with van der Waals surface area (Å²) in [7, 11) is 0. The summed E-state index contributed by atoms with van der Waals surface area (Å²) in [5.74, 6) is 0. The first-order chi connectivity index (χ1) is 4.50. The zero-order valence-corrected chi connectivity index (χ0v) is 4.90. The lowest BCUT2D eigenvalue weighted by Crippen LogP contribution is -1.78. The minimum absolute atomic E-state index is 1.00. The first kappa shape index (κ1) is 6.10. The third kappa shape index (κ3) is 4.83. The maximum atomic E-state index is 4.50. The molecule has 4 heteroatoms. The lowest BCUT2D eigenvalue weighted by molar-refractivity contribution is 0.475. The largest absolute Gasteiger partial charge is 0.377 e. The fraction of sp³-hybridized carbons (Fsp3) is 0.400. The first-order valence-electron chi connectivity index (χ1n) is 2.66. The maximum Gasteiger partial charge on any atom is 0.0701 e. The van der Waals surface area contributed by atoms with E-state index in [1.807, 2.05) is 0 Å². The minimum Gasteiger partial charge on any atom is -0.377 e. The van der Waals surface area contributed by atoms with Crippen LogP contribution in [0.4, 0.5) is 0 Å². The molecule has 0 bridgehead atoms. The van der Waals surface area contributed by atoms with Crippen LogP contribution in [0.15, 0.2) is 18.5 Å². The predicted octanol–water partition coefficient (Wildman–Crippen LogP) is -0.112. The zero-order chi connectivity index (χ0) is 6.36. The van der Waals surface area contributed by atoms with E-state index in [-0.39, 0.29) is 0 Å². The Morgan fingerprint density at radius 2 is 1.67 bits per heavy atom. The molecule has 0 N–H and O–H groups in total. The van der Waals surface area contributed by atoms with Crippen LogP contribution in [-0.2, 0) is 4.74 Å². The molecule has 0 saturated carbocycles. The summed E-state index contributed by atoms with van der Waals surface area (Å²) < 4.78 is 4.50. The van der Waals surface area contributed by atoms with E-state index < -0.39 is 0 Å². The van der Waals surface area contributed by atoms with Crippen molar-refractivity contribution in [1.82, 2.24) is 15.4 Å². The molecule has 1 saturated heterocycles. The molecular formula is C5H7N3O. The van der Waals surface area contributed by atoms with Gasteiger partial charge in [0.25, 0.3) is 0 Å². The van der Waals surface area contributed by atoms with E-state index >= 15 is 0 Å². The molecule has 1 aromatic heterocycles. The molecule has 0 aromatic carbocycles. The van der Waals surface area contributed by atoms with Crippen LogP contribution in [0.3, 0.4) is 0 Å². The van der Waals surface area contributed by atoms with Crippen LogP contribution in [0.1, 0.15) is 0 Å². The van der Waals surface area contributed by atoms with Crippen LogP contribution in [0.2, 0.25) is 0 Å². The van der Waals surface area contributed by atoms with Crippen molar-refractivity contribution >= 4 is 0 Å². The van der Waals surface area contributed by atoms with E-state index in [0.717, 1.165) is 13.2 Å². The number of aromatic nitrogens is 3. The molecule has 2 heterocycles. The topological polar surface area (TPSA) is 51.2 Å². The first-order valence-corrected chi connectivity index (χ1v) is 2.66. The summed E-state index contributed by atoms with van der Waals surface area (Å²) >= 11 is 0. The Hall–Kier alpha value is -1.03. The van der Waals surface area contributed by atoms with Crippen molar-refractivity contribution in [1.29, 1.82) is 0 Å². The van der Waals surface area contributed by atoms with Gasteiger partial charge in [-0.1, -0.05) is 0 Å². The third-order valence-corrected chi connectivity index (χ3v) is 0.613. The van der Waals surface area contributed by atoms with Gasteiger partial charge in [-0.3, -0.25) is 0 Å². The highest BCUT2D eigenvalue weighted by Crippen LogP contribution is 1.84. The number of hydrogen-bond donors (Lipinski definition) is 0. The summed E-state index contributed by atoms with van der Waals surface area (Å²) in [5.41, 5.74) is 0. The SMILES string of the molecule is C1CO1.c1cnnnc1. The fourth-order valence-corrected chi connectivity index (χ4v) is 0.205. The average Bonchev–Trinajstić information content (AvgIpc) is 2.76. The lowest BCUT2D eigenvalue weighted by atomic mass is 10.7. The van der Waals surface area contributed by atoms with E-state index in [1.165, 1.54) is 0 Å². The molecule has 9 heavy (non-hydrogen) atoms. The molecule has 1 aromatic rings. The summed E-state index contributed by atoms with van der Waals surface area (Å²) in [5, 5.41) is 10.1. The maximum absolute atomic E-state index is 4.50. The Labute approximate surface area is 52.9 Å². The van der Waals surface area contributed by atoms with Gasteiger partial charge in [-0.05, 0) is 11.3 Å². The number of nitrogens with zero attached hydrogens (tertiary/aromatic N) is 3. The molecule has 0 unspecified atom stereocenters. The van der Waals surface area contributed by atoms with Gasteiger partial charge >= 0.3 is 0 Å². The van der Waals surface area contributed by atoms with Crippen LogP contribution >= 0.6 is 0 Å². The molecule has 1 aliphatic rings. The van der Waals surface area contributed by atoms with Crippen molar-refractivity contribution in [3.05, 3.63) is 18.5 Å². The number of ether oxygens (including phenoxy) is 1. The monoisotopic (exact) mass is 125 g/mol. The van der Waals surface area contributed by atoms with Gasteiger partial charge in [-0.25, -0.2) is 0 Å². The highest BCUT2D eigenvalue weighted by Gasteiger charge is 1.94. The Morgan fingerprint density at radius 1 is 1.11 bits per heavy atom. The molecule has 0 spiro atoms. The molecule has 1 aliphatic heterocycles. The molecular weight excluding hydrogens is 118 g/mol. The van der Waals surface area contributed by atoms with Crippen LogP contribution < -0.4 is 0 Å². The number of hydrogen-bond acceptors (Lipinski definition) is 4. The van der Waals surface area contributed by atoms with Gasteiger partial charge in [0.05, 0.1) is 25.6 Å². The van der Waals surface area contributed by atoms with Crippen molar-refractivity contribution in [2.24, 2.45) is 0 Å². The molecule has 0 amide bonds. The highest BCUT2D eigenvalue weighted by molar-refractivity contribution is 4.69. The fourth-order valence-electron chi connectivity index (χ4n) is 0.205. The molecule has 48 valence electrons. The van der Waals surface area contributed by atoms with Gasteiger partial charge in [0.2, 0.25) is 0 Å². The quantitative estimate of drug-likeness (QED) is 0.454. The van der Waals surface area contributed by atoms with Gasteiger partial charge in [-0.15, -0.1) is 10.2 Å². The van der Waals surface area contributed by atoms with Crippen molar-refractivity contribution < 1.29 is 4.74 Å². The van der Waals surface area contributed by atoms with E-state index in [4.69, 9.17) is 0 Å². The van der Waals surface area contributed by atoms with Crippen molar-refractivity contribution in [3.8, 4) is 0 Å². The van der Waals surface area contributed by atoms with Gasteiger partial charge in [0, 0.05) is 0 Å². The van der Waals surface area contributed by atoms with E-state index in [0.29, 0.717) is 0 Å². The Balaban J connectivity index is 0.000000112. The van der Waals surface area contributed by atoms with Crippen molar-refractivity contribution in [3.63, 3.8) is 0 Å². The van der Waals surface area contributed by atoms with E-state index in [1.54, 1.807) is 18.5 Å². The van der Waals surface area contributed by atoms with E-state index in [9.17, 15) is 0 Å². The Bertz CT molecular complexity index is 113. The third-order valence-electron chi connectivity index (χ3n) is 0.613. The normalized spacial score (nSPS) is 13.3. The molecule has 4 nitrogen and oxygen atoms in total. The second kappa shape index (κ2) is 3.91. The van der Waals surface area contributed by atoms with Crippen molar-refractivity contribution in [2.45, 2.75) is 0 Å². The lowest BCUT2D eigenvalue weighted by Gasteiger charge is -1.68.